The van der Waals surface area contributed by atoms with E-state index in [0.717, 1.165) is 0 Å². The van der Waals surface area contributed by atoms with E-state index in [-0.39, 0.29) is 12.1 Å². The predicted molar refractivity (Wildman–Crippen MR) is 83.2 cm³/mol. The quantitative estimate of drug-likeness (QED) is 0.400. The highest BCUT2D eigenvalue weighted by Crippen LogP contribution is 2.60. The van der Waals surface area contributed by atoms with Gasteiger partial charge in [-0.15, -0.1) is 0 Å². The molecular weight excluding hydrogens is 510 g/mol. The van der Waals surface area contributed by atoms with Gasteiger partial charge in [-0.25, -0.2) is 8.78 Å². The lowest BCUT2D eigenvalue weighted by molar-refractivity contribution is -0.350. The van der Waals surface area contributed by atoms with Crippen molar-refractivity contribution >= 4 is 10.8 Å². The zero-order valence-corrected chi connectivity index (χ0v) is 15.5. The summed E-state index contributed by atoms with van der Waals surface area (Å²) in [6.07, 6.45) is -27.9. The molecule has 2 nitrogen and oxygen atoms in total. The lowest BCUT2D eigenvalue weighted by atomic mass is 9.77. The Morgan fingerprint density at radius 1 is 0.471 bits per heavy atom. The van der Waals surface area contributed by atoms with Crippen LogP contribution in [0, 0.1) is 22.7 Å². The first kappa shape index (κ1) is 26.9. The fourth-order valence-electron chi connectivity index (χ4n) is 3.27. The Hall–Kier alpha value is -3.30. The third-order valence-electron chi connectivity index (χ3n) is 4.69. The highest BCUT2D eigenvalue weighted by atomic mass is 19.4. The van der Waals surface area contributed by atoms with Crippen molar-refractivity contribution in [2.45, 2.75) is 36.0 Å². The Labute approximate surface area is 178 Å². The zero-order chi connectivity index (χ0) is 26.7. The molecule has 0 bridgehead atoms. The average molecular weight is 514 g/mol. The molecule has 0 aromatic heterocycles. The lowest BCUT2D eigenvalue weighted by Crippen LogP contribution is -2.52. The molecule has 0 saturated carbocycles. The van der Waals surface area contributed by atoms with E-state index < -0.39 is 69.1 Å². The van der Waals surface area contributed by atoms with E-state index in [1.807, 2.05) is 0 Å². The summed E-state index contributed by atoms with van der Waals surface area (Å²) in [5.74, 6) is 0. The molecule has 0 heterocycles. The number of rotatable bonds is 2. The van der Waals surface area contributed by atoms with Gasteiger partial charge in [-0.3, -0.25) is 0 Å². The van der Waals surface area contributed by atoms with Gasteiger partial charge in [-0.1, -0.05) is 24.3 Å². The highest BCUT2D eigenvalue weighted by Gasteiger charge is 2.77. The average Bonchev–Trinajstić information content (AvgIpc) is 2.67. The van der Waals surface area contributed by atoms with Gasteiger partial charge >= 0.3 is 36.0 Å². The van der Waals surface area contributed by atoms with Gasteiger partial charge in [0.25, 0.3) is 0 Å². The highest BCUT2D eigenvalue weighted by molar-refractivity contribution is 5.95. The number of alkyl halides is 14. The zero-order valence-electron chi connectivity index (χ0n) is 15.5. The van der Waals surface area contributed by atoms with Crippen LogP contribution in [0.25, 0.3) is 10.8 Å². The standard InChI is InChI=1S/C18H4F14N2/c19-13(15(21,22)23,16(24,25)26)11-7-3-1-2-4-8(7)12(10(6-34)9(11)5-33)14(20,17(27,28)29)18(30,31)32/h1-4H. The van der Waals surface area contributed by atoms with Crippen LogP contribution in [0.15, 0.2) is 24.3 Å². The second kappa shape index (κ2) is 7.61. The Morgan fingerprint density at radius 2 is 0.706 bits per heavy atom. The molecule has 184 valence electrons. The summed E-state index contributed by atoms with van der Waals surface area (Å²) in [6, 6.07) is 1.83. The fourth-order valence-corrected chi connectivity index (χ4v) is 3.27. The molecule has 2 aromatic rings. The van der Waals surface area contributed by atoms with Crippen LogP contribution in [0.3, 0.4) is 0 Å². The molecule has 0 amide bonds. The monoisotopic (exact) mass is 514 g/mol. The van der Waals surface area contributed by atoms with Gasteiger partial charge in [-0.2, -0.15) is 63.2 Å². The molecule has 0 aliphatic rings. The molecule has 0 atom stereocenters. The minimum Gasteiger partial charge on any atom is -0.218 e. The Kier molecular flexibility index (Phi) is 6.03. The minimum atomic E-state index is -6.98. The first-order valence-electron chi connectivity index (χ1n) is 8.17. The van der Waals surface area contributed by atoms with E-state index >= 15 is 0 Å². The van der Waals surface area contributed by atoms with Gasteiger partial charge in [0.05, 0.1) is 11.1 Å². The molecule has 0 saturated heterocycles. The molecule has 0 N–H and O–H groups in total. The second-order valence-electron chi connectivity index (χ2n) is 6.58. The molecule has 0 radical (unpaired) electrons. The van der Waals surface area contributed by atoms with Crippen molar-refractivity contribution in [2.24, 2.45) is 0 Å². The second-order valence-corrected chi connectivity index (χ2v) is 6.58. The summed E-state index contributed by atoms with van der Waals surface area (Å²) in [5, 5.41) is 14.3. The van der Waals surface area contributed by atoms with Crippen LogP contribution >= 0.6 is 0 Å². The van der Waals surface area contributed by atoms with Crippen LogP contribution in [-0.4, -0.2) is 24.7 Å². The van der Waals surface area contributed by atoms with Crippen LogP contribution in [-0.2, 0) is 11.3 Å². The molecule has 0 fully saturated rings. The van der Waals surface area contributed by atoms with Crippen LogP contribution in [0.5, 0.6) is 0 Å². The molecule has 2 rings (SSSR count). The summed E-state index contributed by atoms with van der Waals surface area (Å²) in [6.45, 7) is 0. The van der Waals surface area contributed by atoms with Crippen molar-refractivity contribution in [3.8, 4) is 12.1 Å². The molecule has 2 aromatic carbocycles. The lowest BCUT2D eigenvalue weighted by Gasteiger charge is -2.35. The molecular formula is C18H4F14N2. The maximum atomic E-state index is 14.9. The van der Waals surface area contributed by atoms with Gasteiger partial charge in [0.1, 0.15) is 12.1 Å². The number of halogens is 14. The van der Waals surface area contributed by atoms with Crippen LogP contribution in [0.2, 0.25) is 0 Å². The minimum absolute atomic E-state index is 0.0230. The van der Waals surface area contributed by atoms with E-state index in [0.29, 0.717) is 24.3 Å². The third-order valence-corrected chi connectivity index (χ3v) is 4.69. The van der Waals surface area contributed by atoms with Gasteiger partial charge in [0.15, 0.2) is 0 Å². The number of hydrogen-bond donors (Lipinski definition) is 0. The van der Waals surface area contributed by atoms with Gasteiger partial charge in [0.2, 0.25) is 0 Å². The molecule has 0 spiro atoms. The topological polar surface area (TPSA) is 47.6 Å². The van der Waals surface area contributed by atoms with E-state index in [1.165, 1.54) is 0 Å². The van der Waals surface area contributed by atoms with Crippen LogP contribution < -0.4 is 0 Å². The SMILES string of the molecule is N#Cc1c(C#N)c(C(F)(C(F)(F)F)C(F)(F)F)c2ccccc2c1C(F)(C(F)(F)F)C(F)(F)F. The molecule has 34 heavy (non-hydrogen) atoms. The van der Waals surface area contributed by atoms with Gasteiger partial charge in [-0.05, 0) is 10.8 Å². The van der Waals surface area contributed by atoms with Crippen molar-refractivity contribution in [3.63, 3.8) is 0 Å². The Bertz CT molecular complexity index is 1080. The van der Waals surface area contributed by atoms with E-state index in [9.17, 15) is 61.5 Å². The first-order valence-corrected chi connectivity index (χ1v) is 8.17. The van der Waals surface area contributed by atoms with Gasteiger partial charge in [0, 0.05) is 11.1 Å². The van der Waals surface area contributed by atoms with Crippen LogP contribution in [0.4, 0.5) is 61.5 Å². The van der Waals surface area contributed by atoms with E-state index in [4.69, 9.17) is 10.5 Å². The number of hydrogen-bond acceptors (Lipinski definition) is 2. The molecule has 0 aliphatic heterocycles. The van der Waals surface area contributed by atoms with E-state index in [2.05, 4.69) is 0 Å². The van der Waals surface area contributed by atoms with Crippen LogP contribution in [0.1, 0.15) is 22.3 Å². The van der Waals surface area contributed by atoms with Crippen molar-refractivity contribution in [1.29, 1.82) is 10.5 Å². The van der Waals surface area contributed by atoms with Crippen molar-refractivity contribution in [3.05, 3.63) is 46.5 Å². The number of nitriles is 2. The Balaban J connectivity index is 3.44. The summed E-state index contributed by atoms with van der Waals surface area (Å²) in [7, 11) is 0. The number of fused-ring (bicyclic) bond motifs is 1. The fraction of sp³-hybridized carbons (Fsp3) is 0.333. The molecule has 16 heteroatoms. The normalized spacial score (nSPS) is 14.1. The summed E-state index contributed by atoms with van der Waals surface area (Å²) in [4.78, 5) is 0. The Morgan fingerprint density at radius 3 is 0.882 bits per heavy atom. The largest absolute Gasteiger partial charge is 0.436 e. The van der Waals surface area contributed by atoms with Gasteiger partial charge < -0.3 is 0 Å². The number of benzene rings is 2. The predicted octanol–water partition coefficient (Wildman–Crippen LogP) is 7.16. The third kappa shape index (κ3) is 3.47. The first-order chi connectivity index (χ1) is 15.1. The van der Waals surface area contributed by atoms with Crippen molar-refractivity contribution < 1.29 is 61.5 Å². The maximum absolute atomic E-state index is 14.9. The summed E-state index contributed by atoms with van der Waals surface area (Å²) in [5.41, 5.74) is -23.7. The van der Waals surface area contributed by atoms with E-state index in [1.54, 1.807) is 0 Å². The summed E-state index contributed by atoms with van der Waals surface area (Å²) < 4.78 is 190. The maximum Gasteiger partial charge on any atom is 0.436 e. The number of nitrogens with zero attached hydrogens (tertiary/aromatic N) is 2. The summed E-state index contributed by atoms with van der Waals surface area (Å²) >= 11 is 0. The van der Waals surface area contributed by atoms with Crippen molar-refractivity contribution in [2.75, 3.05) is 0 Å². The molecule has 0 unspecified atom stereocenters. The van der Waals surface area contributed by atoms with Crippen molar-refractivity contribution in [1.82, 2.24) is 0 Å². The smallest absolute Gasteiger partial charge is 0.218 e. The molecule has 0 aliphatic carbocycles.